The van der Waals surface area contributed by atoms with E-state index in [1.165, 1.54) is 12.1 Å². The zero-order valence-corrected chi connectivity index (χ0v) is 12.7. The van der Waals surface area contributed by atoms with Gasteiger partial charge in [0.25, 0.3) is 5.91 Å². The van der Waals surface area contributed by atoms with Gasteiger partial charge in [-0.25, -0.2) is 4.39 Å². The van der Waals surface area contributed by atoms with Gasteiger partial charge in [-0.05, 0) is 25.0 Å². The van der Waals surface area contributed by atoms with Crippen LogP contribution in [0.15, 0.2) is 18.2 Å². The number of rotatable bonds is 4. The highest BCUT2D eigenvalue weighted by atomic mass is 35.5. The highest BCUT2D eigenvalue weighted by Crippen LogP contribution is 2.19. The van der Waals surface area contributed by atoms with Gasteiger partial charge in [-0.3, -0.25) is 9.59 Å². The van der Waals surface area contributed by atoms with Gasteiger partial charge in [-0.15, -0.1) is 0 Å². The molecular weight excluding hydrogens is 311 g/mol. The molecule has 1 aromatic carbocycles. The molecule has 1 aromatic rings. The molecule has 0 aliphatic heterocycles. The van der Waals surface area contributed by atoms with Gasteiger partial charge in [0, 0.05) is 0 Å². The topological polar surface area (TPSA) is 78.4 Å². The van der Waals surface area contributed by atoms with Crippen LogP contribution in [0.3, 0.4) is 0 Å². The zero-order valence-electron chi connectivity index (χ0n) is 11.9. The number of aliphatic hydroxyl groups is 1. The van der Waals surface area contributed by atoms with E-state index >= 15 is 0 Å². The number of carbonyl (C=O) groups is 2. The van der Waals surface area contributed by atoms with Gasteiger partial charge >= 0.3 is 0 Å². The molecule has 0 saturated heterocycles. The van der Waals surface area contributed by atoms with Crippen molar-refractivity contribution >= 4 is 23.4 Å². The van der Waals surface area contributed by atoms with Crippen LogP contribution in [0.5, 0.6) is 0 Å². The molecule has 0 radical (unpaired) electrons. The van der Waals surface area contributed by atoms with Crippen molar-refractivity contribution in [3.63, 3.8) is 0 Å². The molecule has 7 heteroatoms. The Morgan fingerprint density at radius 1 is 1.32 bits per heavy atom. The van der Waals surface area contributed by atoms with Crippen LogP contribution in [0.2, 0.25) is 5.02 Å². The monoisotopic (exact) mass is 328 g/mol. The van der Waals surface area contributed by atoms with Crippen LogP contribution >= 0.6 is 11.6 Å². The molecule has 1 fully saturated rings. The summed E-state index contributed by atoms with van der Waals surface area (Å²) in [7, 11) is 0. The lowest BCUT2D eigenvalue weighted by molar-refractivity contribution is -0.122. The summed E-state index contributed by atoms with van der Waals surface area (Å²) in [6.07, 6.45) is 2.69. The molecule has 3 N–H and O–H groups in total. The van der Waals surface area contributed by atoms with E-state index < -0.39 is 23.7 Å². The van der Waals surface area contributed by atoms with Crippen LogP contribution in [-0.2, 0) is 4.79 Å². The van der Waals surface area contributed by atoms with Gasteiger partial charge < -0.3 is 15.7 Å². The third kappa shape index (κ3) is 4.18. The van der Waals surface area contributed by atoms with Crippen molar-refractivity contribution in [1.82, 2.24) is 10.6 Å². The normalized spacial score (nSPS) is 21.2. The van der Waals surface area contributed by atoms with Gasteiger partial charge in [0.15, 0.2) is 0 Å². The first-order chi connectivity index (χ1) is 10.5. The highest BCUT2D eigenvalue weighted by molar-refractivity contribution is 6.33. The van der Waals surface area contributed by atoms with Crippen molar-refractivity contribution in [2.24, 2.45) is 0 Å². The quantitative estimate of drug-likeness (QED) is 0.786. The number of aliphatic hydroxyl groups excluding tert-OH is 1. The predicted octanol–water partition coefficient (Wildman–Crippen LogP) is 1.63. The van der Waals surface area contributed by atoms with E-state index in [0.29, 0.717) is 12.8 Å². The summed E-state index contributed by atoms with van der Waals surface area (Å²) in [6.45, 7) is -0.299. The van der Waals surface area contributed by atoms with Gasteiger partial charge in [0.1, 0.15) is 5.82 Å². The maximum absolute atomic E-state index is 13.6. The predicted molar refractivity (Wildman–Crippen MR) is 80.1 cm³/mol. The maximum Gasteiger partial charge on any atom is 0.256 e. The fourth-order valence-corrected chi connectivity index (χ4v) is 2.75. The second-order valence-corrected chi connectivity index (χ2v) is 5.71. The Labute approximate surface area is 132 Å². The van der Waals surface area contributed by atoms with Crippen molar-refractivity contribution in [1.29, 1.82) is 0 Å². The van der Waals surface area contributed by atoms with Crippen LogP contribution in [0.1, 0.15) is 36.0 Å². The van der Waals surface area contributed by atoms with Gasteiger partial charge in [0.05, 0.1) is 29.3 Å². The van der Waals surface area contributed by atoms with Crippen molar-refractivity contribution < 1.29 is 19.1 Å². The molecule has 2 rings (SSSR count). The number of amides is 2. The van der Waals surface area contributed by atoms with Crippen molar-refractivity contribution in [3.8, 4) is 0 Å². The summed E-state index contributed by atoms with van der Waals surface area (Å²) in [5.74, 6) is -1.91. The number of hydrogen-bond donors (Lipinski definition) is 3. The third-order valence-electron chi connectivity index (χ3n) is 3.68. The number of hydrogen-bond acceptors (Lipinski definition) is 3. The standard InChI is InChI=1S/C15H18ClFN2O3/c16-9-4-3-5-10(17)14(9)15(22)18-8-13(21)19-11-6-1-2-7-12(11)20/h3-5,11-12,20H,1-2,6-8H2,(H,18,22)(H,19,21)/t11-,12-/m1/s1. The Bertz CT molecular complexity index is 547. The number of nitrogens with one attached hydrogen (secondary N) is 2. The summed E-state index contributed by atoms with van der Waals surface area (Å²) in [6, 6.07) is 3.62. The van der Waals surface area contributed by atoms with E-state index in [9.17, 15) is 19.1 Å². The molecule has 0 aromatic heterocycles. The minimum Gasteiger partial charge on any atom is -0.391 e. The Kier molecular flexibility index (Phi) is 5.74. The first-order valence-corrected chi connectivity index (χ1v) is 7.56. The maximum atomic E-state index is 13.6. The molecule has 0 unspecified atom stereocenters. The molecular formula is C15H18ClFN2O3. The molecule has 0 spiro atoms. The van der Waals surface area contributed by atoms with Crippen LogP contribution < -0.4 is 10.6 Å². The lowest BCUT2D eigenvalue weighted by Gasteiger charge is -2.28. The summed E-state index contributed by atoms with van der Waals surface area (Å²) >= 11 is 5.78. The lowest BCUT2D eigenvalue weighted by Crippen LogP contribution is -2.48. The van der Waals surface area contributed by atoms with E-state index in [1.54, 1.807) is 0 Å². The number of halogens is 2. The molecule has 1 saturated carbocycles. The lowest BCUT2D eigenvalue weighted by atomic mass is 9.92. The van der Waals surface area contributed by atoms with Crippen molar-refractivity contribution in [2.45, 2.75) is 37.8 Å². The molecule has 0 heterocycles. The Hall–Kier alpha value is -1.66. The molecule has 120 valence electrons. The highest BCUT2D eigenvalue weighted by Gasteiger charge is 2.24. The Morgan fingerprint density at radius 3 is 2.73 bits per heavy atom. The summed E-state index contributed by atoms with van der Waals surface area (Å²) in [5, 5.41) is 14.8. The fraction of sp³-hybridized carbons (Fsp3) is 0.467. The zero-order chi connectivity index (χ0) is 16.1. The summed E-state index contributed by atoms with van der Waals surface area (Å²) in [5.41, 5.74) is -0.283. The average Bonchev–Trinajstić information content (AvgIpc) is 2.47. The van der Waals surface area contributed by atoms with Crippen molar-refractivity contribution in [2.75, 3.05) is 6.54 Å². The minimum atomic E-state index is -0.748. The first-order valence-electron chi connectivity index (χ1n) is 7.18. The molecule has 2 atom stereocenters. The number of benzene rings is 1. The molecule has 0 bridgehead atoms. The summed E-state index contributed by atoms with van der Waals surface area (Å²) < 4.78 is 13.6. The van der Waals surface area contributed by atoms with E-state index in [4.69, 9.17) is 11.6 Å². The van der Waals surface area contributed by atoms with Crippen molar-refractivity contribution in [3.05, 3.63) is 34.6 Å². The molecule has 1 aliphatic rings. The molecule has 5 nitrogen and oxygen atoms in total. The Balaban J connectivity index is 1.87. The second-order valence-electron chi connectivity index (χ2n) is 5.31. The van der Waals surface area contributed by atoms with Crippen LogP contribution in [0.4, 0.5) is 4.39 Å². The third-order valence-corrected chi connectivity index (χ3v) is 3.99. The molecule has 22 heavy (non-hydrogen) atoms. The van der Waals surface area contributed by atoms with E-state index in [0.717, 1.165) is 18.9 Å². The van der Waals surface area contributed by atoms with Gasteiger partial charge in [-0.1, -0.05) is 30.5 Å². The molecule has 1 aliphatic carbocycles. The van der Waals surface area contributed by atoms with E-state index in [1.807, 2.05) is 0 Å². The molecule has 2 amide bonds. The van der Waals surface area contributed by atoms with Gasteiger partial charge in [-0.2, -0.15) is 0 Å². The largest absolute Gasteiger partial charge is 0.391 e. The SMILES string of the molecule is O=C(CNC(=O)c1c(F)cccc1Cl)N[C@@H]1CCCC[C@H]1O. The van der Waals surface area contributed by atoms with Crippen LogP contribution in [0, 0.1) is 5.82 Å². The smallest absolute Gasteiger partial charge is 0.256 e. The first kappa shape index (κ1) is 16.7. The average molecular weight is 329 g/mol. The van der Waals surface area contributed by atoms with Crippen LogP contribution in [0.25, 0.3) is 0 Å². The summed E-state index contributed by atoms with van der Waals surface area (Å²) in [4.78, 5) is 23.7. The Morgan fingerprint density at radius 2 is 2.05 bits per heavy atom. The van der Waals surface area contributed by atoms with E-state index in [-0.39, 0.29) is 23.2 Å². The minimum absolute atomic E-state index is 0.0133. The van der Waals surface area contributed by atoms with Gasteiger partial charge in [0.2, 0.25) is 5.91 Å². The second kappa shape index (κ2) is 7.56. The van der Waals surface area contributed by atoms with Crippen LogP contribution in [-0.4, -0.2) is 35.6 Å². The fourth-order valence-electron chi connectivity index (χ4n) is 2.50. The number of carbonyl (C=O) groups excluding carboxylic acids is 2. The van der Waals surface area contributed by atoms with E-state index in [2.05, 4.69) is 10.6 Å².